The highest BCUT2D eigenvalue weighted by Crippen LogP contribution is 2.35. The molecule has 1 saturated heterocycles. The summed E-state index contributed by atoms with van der Waals surface area (Å²) < 4.78 is 15.6. The Labute approximate surface area is 97.9 Å². The van der Waals surface area contributed by atoms with Gasteiger partial charge >= 0.3 is 5.97 Å². The van der Waals surface area contributed by atoms with Crippen LogP contribution < -0.4 is 15.2 Å². The number of carboxylic acid groups (broad SMARTS) is 1. The number of carboxylic acids is 1. The third-order valence-electron chi connectivity index (χ3n) is 2.42. The Bertz CT molecular complexity index is 442. The van der Waals surface area contributed by atoms with E-state index in [4.69, 9.17) is 25.1 Å². The number of methoxy groups -OCH3 is 1. The first kappa shape index (κ1) is 11.5. The van der Waals surface area contributed by atoms with Gasteiger partial charge < -0.3 is 25.1 Å². The highest BCUT2D eigenvalue weighted by atomic mass is 16.6. The molecule has 1 aromatic carbocycles. The number of nitrogens with two attached hydrogens (primary N) is 1. The monoisotopic (exact) mass is 239 g/mol. The molecule has 0 aromatic heterocycles. The standard InChI is InChI=1S/C11H13NO5/c1-15-9-3-6(12)2-8(11(13)14)10(9)17-7-4-16-5-7/h2-3,7H,4-5,12H2,1H3,(H,13,14). The molecular weight excluding hydrogens is 226 g/mol. The predicted molar refractivity (Wildman–Crippen MR) is 59.6 cm³/mol. The molecule has 1 fully saturated rings. The highest BCUT2D eigenvalue weighted by Gasteiger charge is 2.25. The molecule has 1 heterocycles. The summed E-state index contributed by atoms with van der Waals surface area (Å²) in [5.74, 6) is -0.595. The van der Waals surface area contributed by atoms with Gasteiger partial charge in [0.2, 0.25) is 0 Å². The molecule has 6 nitrogen and oxygen atoms in total. The average Bonchev–Trinajstić information content (AvgIpc) is 2.23. The SMILES string of the molecule is COc1cc(N)cc(C(=O)O)c1OC1COC1. The minimum absolute atomic E-state index is 0.00579. The van der Waals surface area contributed by atoms with Crippen molar-refractivity contribution in [1.82, 2.24) is 0 Å². The number of anilines is 1. The zero-order valence-corrected chi connectivity index (χ0v) is 9.30. The van der Waals surface area contributed by atoms with Crippen molar-refractivity contribution in [2.75, 3.05) is 26.1 Å². The van der Waals surface area contributed by atoms with Crippen molar-refractivity contribution in [3.63, 3.8) is 0 Å². The summed E-state index contributed by atoms with van der Waals surface area (Å²) in [5, 5.41) is 9.09. The Hall–Kier alpha value is -1.95. The number of carbonyl (C=O) groups is 1. The normalized spacial score (nSPS) is 15.1. The Morgan fingerprint density at radius 2 is 2.24 bits per heavy atom. The Balaban J connectivity index is 2.39. The molecular formula is C11H13NO5. The van der Waals surface area contributed by atoms with Crippen molar-refractivity contribution in [3.05, 3.63) is 17.7 Å². The second-order valence-electron chi connectivity index (χ2n) is 3.68. The zero-order chi connectivity index (χ0) is 12.4. The average molecular weight is 239 g/mol. The van der Waals surface area contributed by atoms with E-state index in [1.54, 1.807) is 0 Å². The van der Waals surface area contributed by atoms with Gasteiger partial charge in [0.1, 0.15) is 11.7 Å². The summed E-state index contributed by atoms with van der Waals surface area (Å²) in [6, 6.07) is 2.88. The van der Waals surface area contributed by atoms with Crippen LogP contribution in [-0.2, 0) is 4.74 Å². The van der Waals surface area contributed by atoms with Gasteiger partial charge in [0.05, 0.1) is 20.3 Å². The molecule has 0 spiro atoms. The minimum atomic E-state index is -1.11. The summed E-state index contributed by atoms with van der Waals surface area (Å²) in [5.41, 5.74) is 5.91. The van der Waals surface area contributed by atoms with E-state index in [0.29, 0.717) is 24.7 Å². The Morgan fingerprint density at radius 3 is 2.71 bits per heavy atom. The van der Waals surface area contributed by atoms with E-state index in [1.807, 2.05) is 0 Å². The molecule has 0 atom stereocenters. The van der Waals surface area contributed by atoms with Crippen molar-refractivity contribution in [1.29, 1.82) is 0 Å². The lowest BCUT2D eigenvalue weighted by molar-refractivity contribution is -0.0806. The highest BCUT2D eigenvalue weighted by molar-refractivity contribution is 5.93. The van der Waals surface area contributed by atoms with Crippen molar-refractivity contribution in [2.24, 2.45) is 0 Å². The Kier molecular flexibility index (Phi) is 3.06. The van der Waals surface area contributed by atoms with Gasteiger partial charge in [-0.05, 0) is 6.07 Å². The number of rotatable bonds is 4. The summed E-state index contributed by atoms with van der Waals surface area (Å²) >= 11 is 0. The maximum absolute atomic E-state index is 11.1. The first-order chi connectivity index (χ1) is 8.11. The van der Waals surface area contributed by atoms with Crippen molar-refractivity contribution in [2.45, 2.75) is 6.10 Å². The van der Waals surface area contributed by atoms with E-state index in [-0.39, 0.29) is 17.4 Å². The molecule has 3 N–H and O–H groups in total. The fourth-order valence-corrected chi connectivity index (χ4v) is 1.50. The van der Waals surface area contributed by atoms with Crippen LogP contribution in [0.25, 0.3) is 0 Å². The second kappa shape index (κ2) is 4.50. The van der Waals surface area contributed by atoms with Crippen LogP contribution in [0.5, 0.6) is 11.5 Å². The van der Waals surface area contributed by atoms with Crippen LogP contribution in [0.4, 0.5) is 5.69 Å². The van der Waals surface area contributed by atoms with Crippen LogP contribution >= 0.6 is 0 Å². The van der Waals surface area contributed by atoms with Gasteiger partial charge in [-0.1, -0.05) is 0 Å². The molecule has 2 rings (SSSR count). The molecule has 1 aliphatic heterocycles. The smallest absolute Gasteiger partial charge is 0.339 e. The van der Waals surface area contributed by atoms with E-state index >= 15 is 0 Å². The molecule has 0 aliphatic carbocycles. The molecule has 0 amide bonds. The minimum Gasteiger partial charge on any atom is -0.493 e. The maximum Gasteiger partial charge on any atom is 0.339 e. The lowest BCUT2D eigenvalue weighted by atomic mass is 10.1. The summed E-state index contributed by atoms with van der Waals surface area (Å²) in [6.45, 7) is 0.902. The van der Waals surface area contributed by atoms with Crippen molar-refractivity contribution < 1.29 is 24.1 Å². The van der Waals surface area contributed by atoms with E-state index in [9.17, 15) is 4.79 Å². The molecule has 0 bridgehead atoms. The van der Waals surface area contributed by atoms with Gasteiger partial charge in [0, 0.05) is 11.8 Å². The second-order valence-corrected chi connectivity index (χ2v) is 3.68. The Morgan fingerprint density at radius 1 is 1.53 bits per heavy atom. The first-order valence-corrected chi connectivity index (χ1v) is 5.07. The van der Waals surface area contributed by atoms with Gasteiger partial charge in [0.25, 0.3) is 0 Å². The van der Waals surface area contributed by atoms with Crippen LogP contribution in [0.1, 0.15) is 10.4 Å². The lowest BCUT2D eigenvalue weighted by Gasteiger charge is -2.28. The fraction of sp³-hybridized carbons (Fsp3) is 0.364. The number of nitrogen functional groups attached to an aromatic ring is 1. The third kappa shape index (κ3) is 2.26. The van der Waals surface area contributed by atoms with Crippen LogP contribution in [0, 0.1) is 0 Å². The van der Waals surface area contributed by atoms with Crippen LogP contribution in [0.3, 0.4) is 0 Å². The molecule has 17 heavy (non-hydrogen) atoms. The van der Waals surface area contributed by atoms with Crippen molar-refractivity contribution in [3.8, 4) is 11.5 Å². The lowest BCUT2D eigenvalue weighted by Crippen LogP contribution is -2.39. The number of ether oxygens (including phenoxy) is 3. The molecule has 1 aromatic rings. The van der Waals surface area contributed by atoms with E-state index in [2.05, 4.69) is 0 Å². The van der Waals surface area contributed by atoms with E-state index < -0.39 is 5.97 Å². The summed E-state index contributed by atoms with van der Waals surface area (Å²) in [4.78, 5) is 11.1. The summed E-state index contributed by atoms with van der Waals surface area (Å²) in [6.07, 6.45) is -0.134. The van der Waals surface area contributed by atoms with Gasteiger partial charge in [-0.2, -0.15) is 0 Å². The quantitative estimate of drug-likeness (QED) is 0.753. The van der Waals surface area contributed by atoms with Gasteiger partial charge in [-0.15, -0.1) is 0 Å². The summed E-state index contributed by atoms with van der Waals surface area (Å²) in [7, 11) is 1.44. The van der Waals surface area contributed by atoms with E-state index in [1.165, 1.54) is 19.2 Å². The number of benzene rings is 1. The molecule has 0 radical (unpaired) electrons. The third-order valence-corrected chi connectivity index (χ3v) is 2.42. The first-order valence-electron chi connectivity index (χ1n) is 5.07. The van der Waals surface area contributed by atoms with Gasteiger partial charge in [0.15, 0.2) is 11.5 Å². The largest absolute Gasteiger partial charge is 0.493 e. The molecule has 92 valence electrons. The number of hydrogen-bond acceptors (Lipinski definition) is 5. The maximum atomic E-state index is 11.1. The number of hydrogen-bond donors (Lipinski definition) is 2. The molecule has 6 heteroatoms. The van der Waals surface area contributed by atoms with Gasteiger partial charge in [-0.3, -0.25) is 0 Å². The zero-order valence-electron chi connectivity index (χ0n) is 9.30. The van der Waals surface area contributed by atoms with Crippen LogP contribution in [0.15, 0.2) is 12.1 Å². The van der Waals surface area contributed by atoms with Crippen molar-refractivity contribution >= 4 is 11.7 Å². The molecule has 0 unspecified atom stereocenters. The number of aromatic carboxylic acids is 1. The van der Waals surface area contributed by atoms with Crippen LogP contribution in [0.2, 0.25) is 0 Å². The molecule has 1 aliphatic rings. The van der Waals surface area contributed by atoms with Gasteiger partial charge in [-0.25, -0.2) is 4.79 Å². The molecule has 0 saturated carbocycles. The van der Waals surface area contributed by atoms with Crippen LogP contribution in [-0.4, -0.2) is 37.5 Å². The van der Waals surface area contributed by atoms with E-state index in [0.717, 1.165) is 0 Å². The predicted octanol–water partition coefficient (Wildman–Crippen LogP) is 0.753. The topological polar surface area (TPSA) is 91.0 Å². The fourth-order valence-electron chi connectivity index (χ4n) is 1.50.